The Kier molecular flexibility index (Phi) is 9.29. The maximum Gasteiger partial charge on any atom is 0.408 e. The lowest BCUT2D eigenvalue weighted by Gasteiger charge is -2.36. The molecule has 1 aromatic rings. The number of aryl methyl sites for hydroxylation is 1. The van der Waals surface area contributed by atoms with E-state index in [-0.39, 0.29) is 24.4 Å². The second-order valence-electron chi connectivity index (χ2n) is 10.3. The van der Waals surface area contributed by atoms with Crippen LogP contribution < -0.4 is 10.6 Å². The first-order valence-electron chi connectivity index (χ1n) is 12.0. The predicted molar refractivity (Wildman–Crippen MR) is 132 cm³/mol. The number of hydrogen-bond acceptors (Lipinski definition) is 6. The molecule has 0 radical (unpaired) electrons. The topological polar surface area (TPSA) is 114 Å². The molecule has 0 bridgehead atoms. The summed E-state index contributed by atoms with van der Waals surface area (Å²) in [6.45, 7) is 12.4. The number of ether oxygens (including phenoxy) is 2. The highest BCUT2D eigenvalue weighted by molar-refractivity contribution is 5.94. The molecule has 1 aromatic carbocycles. The van der Waals surface area contributed by atoms with Crippen LogP contribution in [0.3, 0.4) is 0 Å². The third kappa shape index (κ3) is 7.70. The van der Waals surface area contributed by atoms with Gasteiger partial charge in [0, 0.05) is 6.04 Å². The number of benzene rings is 1. The highest BCUT2D eigenvalue weighted by Gasteiger charge is 2.45. The maximum atomic E-state index is 14.0. The third-order valence-electron chi connectivity index (χ3n) is 5.90. The first-order valence-corrected chi connectivity index (χ1v) is 12.0. The van der Waals surface area contributed by atoms with Crippen LogP contribution in [-0.2, 0) is 23.9 Å². The molecule has 9 nitrogen and oxygen atoms in total. The van der Waals surface area contributed by atoms with Gasteiger partial charge in [-0.15, -0.1) is 0 Å². The van der Waals surface area contributed by atoms with Crippen molar-refractivity contribution in [3.63, 3.8) is 0 Å². The Hall–Kier alpha value is -3.10. The molecule has 9 heteroatoms. The van der Waals surface area contributed by atoms with E-state index >= 15 is 0 Å². The standard InChI is InChI=1S/C26H39N3O6/c1-15(2)21(28-25(33)35-26(5,6)7)24(32)29(18-12-13-18)22(23(31)27-14-20(30)34-8)19-11-9-10-16(3)17(19)4/h9-11,15,18,21-22H,12-14H2,1-8H3,(H,27,31)(H,28,33). The first kappa shape index (κ1) is 28.1. The number of alkyl carbamates (subject to hydrolysis) is 1. The Morgan fingerprint density at radius 2 is 1.74 bits per heavy atom. The molecule has 35 heavy (non-hydrogen) atoms. The Bertz CT molecular complexity index is 949. The summed E-state index contributed by atoms with van der Waals surface area (Å²) in [5.74, 6) is -1.70. The number of hydrogen-bond donors (Lipinski definition) is 2. The van der Waals surface area contributed by atoms with Crippen molar-refractivity contribution in [1.82, 2.24) is 15.5 Å². The van der Waals surface area contributed by atoms with E-state index in [0.29, 0.717) is 5.56 Å². The Labute approximate surface area is 207 Å². The number of carbonyl (C=O) groups is 4. The van der Waals surface area contributed by atoms with Crippen LogP contribution in [0, 0.1) is 19.8 Å². The summed E-state index contributed by atoms with van der Waals surface area (Å²) < 4.78 is 10.0. The van der Waals surface area contributed by atoms with Gasteiger partial charge in [0.25, 0.3) is 0 Å². The summed E-state index contributed by atoms with van der Waals surface area (Å²) >= 11 is 0. The molecule has 0 aromatic heterocycles. The largest absolute Gasteiger partial charge is 0.468 e. The third-order valence-corrected chi connectivity index (χ3v) is 5.90. The van der Waals surface area contributed by atoms with Crippen LogP contribution in [0.5, 0.6) is 0 Å². The number of nitrogens with zero attached hydrogens (tertiary/aromatic N) is 1. The van der Waals surface area contributed by atoms with Gasteiger partial charge in [-0.1, -0.05) is 32.0 Å². The van der Waals surface area contributed by atoms with Crippen molar-refractivity contribution in [2.75, 3.05) is 13.7 Å². The lowest BCUT2D eigenvalue weighted by molar-refractivity contribution is -0.145. The number of rotatable bonds is 9. The van der Waals surface area contributed by atoms with Crippen LogP contribution >= 0.6 is 0 Å². The van der Waals surface area contributed by atoms with Gasteiger partial charge in [0.2, 0.25) is 11.8 Å². The van der Waals surface area contributed by atoms with Crippen molar-refractivity contribution >= 4 is 23.9 Å². The van der Waals surface area contributed by atoms with Gasteiger partial charge in [0.15, 0.2) is 0 Å². The zero-order chi connectivity index (χ0) is 26.5. The summed E-state index contributed by atoms with van der Waals surface area (Å²) in [6, 6.07) is 3.57. The van der Waals surface area contributed by atoms with Gasteiger partial charge in [-0.25, -0.2) is 4.79 Å². The van der Waals surface area contributed by atoms with Crippen LogP contribution in [-0.4, -0.2) is 60.1 Å². The zero-order valence-corrected chi connectivity index (χ0v) is 22.1. The van der Waals surface area contributed by atoms with E-state index in [4.69, 9.17) is 4.74 Å². The summed E-state index contributed by atoms with van der Waals surface area (Å²) in [5.41, 5.74) is 1.81. The Morgan fingerprint density at radius 3 is 2.26 bits per heavy atom. The average Bonchev–Trinajstić information content (AvgIpc) is 3.59. The zero-order valence-electron chi connectivity index (χ0n) is 22.1. The van der Waals surface area contributed by atoms with Crippen molar-refractivity contribution in [2.45, 2.75) is 85.0 Å². The maximum absolute atomic E-state index is 14.0. The van der Waals surface area contributed by atoms with Gasteiger partial charge in [0.1, 0.15) is 24.2 Å². The molecule has 1 aliphatic rings. The van der Waals surface area contributed by atoms with Crippen LogP contribution in [0.1, 0.15) is 70.2 Å². The molecule has 0 heterocycles. The highest BCUT2D eigenvalue weighted by atomic mass is 16.6. The highest BCUT2D eigenvalue weighted by Crippen LogP contribution is 2.37. The molecule has 0 spiro atoms. The summed E-state index contributed by atoms with van der Waals surface area (Å²) in [4.78, 5) is 53.2. The molecular formula is C26H39N3O6. The summed E-state index contributed by atoms with van der Waals surface area (Å²) in [7, 11) is 1.24. The SMILES string of the molecule is COC(=O)CNC(=O)C(c1cccc(C)c1C)N(C(=O)C(NC(=O)OC(C)(C)C)C(C)C)C1CC1. The number of carbonyl (C=O) groups excluding carboxylic acids is 4. The van der Waals surface area contributed by atoms with Crippen molar-refractivity contribution in [2.24, 2.45) is 5.92 Å². The number of nitrogens with one attached hydrogen (secondary N) is 2. The van der Waals surface area contributed by atoms with E-state index in [9.17, 15) is 19.2 Å². The van der Waals surface area contributed by atoms with Gasteiger partial charge in [-0.05, 0) is 70.1 Å². The first-order chi connectivity index (χ1) is 16.3. The van der Waals surface area contributed by atoms with Crippen LogP contribution in [0.4, 0.5) is 4.79 Å². The number of methoxy groups -OCH3 is 1. The minimum absolute atomic E-state index is 0.155. The monoisotopic (exact) mass is 489 g/mol. The minimum atomic E-state index is -0.971. The van der Waals surface area contributed by atoms with Gasteiger partial charge < -0.3 is 25.0 Å². The van der Waals surface area contributed by atoms with E-state index < -0.39 is 35.7 Å². The number of amides is 3. The lowest BCUT2D eigenvalue weighted by Crippen LogP contribution is -2.55. The fourth-order valence-electron chi connectivity index (χ4n) is 3.79. The second-order valence-corrected chi connectivity index (χ2v) is 10.3. The quantitative estimate of drug-likeness (QED) is 0.515. The lowest BCUT2D eigenvalue weighted by atomic mass is 9.94. The number of esters is 1. The van der Waals surface area contributed by atoms with E-state index in [1.54, 1.807) is 25.7 Å². The van der Waals surface area contributed by atoms with E-state index in [2.05, 4.69) is 15.4 Å². The van der Waals surface area contributed by atoms with Crippen molar-refractivity contribution in [1.29, 1.82) is 0 Å². The van der Waals surface area contributed by atoms with Crippen molar-refractivity contribution < 1.29 is 28.7 Å². The molecule has 2 unspecified atom stereocenters. The van der Waals surface area contributed by atoms with Gasteiger partial charge in [-0.3, -0.25) is 14.4 Å². The summed E-state index contributed by atoms with van der Waals surface area (Å²) in [5, 5.41) is 5.33. The molecule has 3 amide bonds. The molecule has 1 saturated carbocycles. The van der Waals surface area contributed by atoms with Gasteiger partial charge in [0.05, 0.1) is 7.11 Å². The predicted octanol–water partition coefficient (Wildman–Crippen LogP) is 3.17. The normalized spacial score (nSPS) is 15.1. The fourth-order valence-corrected chi connectivity index (χ4v) is 3.79. The van der Waals surface area contributed by atoms with E-state index in [1.807, 2.05) is 45.9 Å². The fraction of sp³-hybridized carbons (Fsp3) is 0.615. The molecule has 1 aliphatic carbocycles. The van der Waals surface area contributed by atoms with E-state index in [0.717, 1.165) is 24.0 Å². The van der Waals surface area contributed by atoms with Crippen LogP contribution in [0.25, 0.3) is 0 Å². The van der Waals surface area contributed by atoms with Crippen LogP contribution in [0.15, 0.2) is 18.2 Å². The average molecular weight is 490 g/mol. The molecule has 1 fully saturated rings. The summed E-state index contributed by atoms with van der Waals surface area (Å²) in [6.07, 6.45) is 0.794. The Morgan fingerprint density at radius 1 is 1.11 bits per heavy atom. The molecule has 2 atom stereocenters. The van der Waals surface area contributed by atoms with Crippen molar-refractivity contribution in [3.05, 3.63) is 34.9 Å². The second kappa shape index (κ2) is 11.6. The van der Waals surface area contributed by atoms with Gasteiger partial charge >= 0.3 is 12.1 Å². The molecule has 2 N–H and O–H groups in total. The van der Waals surface area contributed by atoms with Gasteiger partial charge in [-0.2, -0.15) is 0 Å². The molecule has 2 rings (SSSR count). The van der Waals surface area contributed by atoms with E-state index in [1.165, 1.54) is 7.11 Å². The Balaban J connectivity index is 2.47. The smallest absolute Gasteiger partial charge is 0.408 e. The van der Waals surface area contributed by atoms with Crippen molar-refractivity contribution in [3.8, 4) is 0 Å². The molecule has 0 aliphatic heterocycles. The molecular weight excluding hydrogens is 450 g/mol. The molecule has 0 saturated heterocycles. The molecule has 194 valence electrons. The van der Waals surface area contributed by atoms with Crippen LogP contribution in [0.2, 0.25) is 0 Å². The minimum Gasteiger partial charge on any atom is -0.468 e.